The van der Waals surface area contributed by atoms with Gasteiger partial charge in [0, 0.05) is 29.4 Å². The van der Waals surface area contributed by atoms with Crippen LogP contribution < -0.4 is 15.8 Å². The number of primary amides is 1. The third kappa shape index (κ3) is 4.84. The van der Waals surface area contributed by atoms with E-state index in [9.17, 15) is 32.3 Å². The van der Waals surface area contributed by atoms with Crippen molar-refractivity contribution >= 4 is 29.1 Å². The number of hydrogen-bond acceptors (Lipinski definition) is 6. The molecular weight excluding hydrogens is 606 g/mol. The third-order valence-electron chi connectivity index (χ3n) is 8.32. The first-order valence-electron chi connectivity index (χ1n) is 13.8. The fourth-order valence-electron chi connectivity index (χ4n) is 5.42. The summed E-state index contributed by atoms with van der Waals surface area (Å²) in [7, 11) is 0. The Bertz CT molecular complexity index is 1810. The van der Waals surface area contributed by atoms with Crippen molar-refractivity contribution < 1.29 is 37.0 Å². The number of alkyl halides is 3. The fourth-order valence-corrected chi connectivity index (χ4v) is 5.67. The summed E-state index contributed by atoms with van der Waals surface area (Å²) in [6, 6.07) is 6.93. The van der Waals surface area contributed by atoms with E-state index in [-0.39, 0.29) is 46.2 Å². The highest BCUT2D eigenvalue weighted by molar-refractivity contribution is 6.33. The van der Waals surface area contributed by atoms with E-state index >= 15 is 0 Å². The first kappa shape index (κ1) is 29.8. The van der Waals surface area contributed by atoms with Crippen LogP contribution >= 0.6 is 11.6 Å². The molecule has 3 aromatic heterocycles. The molecule has 14 heteroatoms. The molecule has 0 radical (unpaired) electrons. The summed E-state index contributed by atoms with van der Waals surface area (Å²) < 4.78 is 65.2. The van der Waals surface area contributed by atoms with E-state index in [1.807, 2.05) is 0 Å². The Morgan fingerprint density at radius 2 is 1.89 bits per heavy atom. The molecule has 0 saturated heterocycles. The highest BCUT2D eigenvalue weighted by Gasteiger charge is 2.58. The average Bonchev–Trinajstić information content (AvgIpc) is 3.62. The van der Waals surface area contributed by atoms with Gasteiger partial charge in [0.15, 0.2) is 5.65 Å². The van der Waals surface area contributed by atoms with Gasteiger partial charge in [-0.15, -0.1) is 0 Å². The van der Waals surface area contributed by atoms with Gasteiger partial charge in [-0.05, 0) is 55.7 Å². The number of rotatable bonds is 8. The number of fused-ring (bicyclic) bond motifs is 2. The van der Waals surface area contributed by atoms with E-state index in [4.69, 9.17) is 22.1 Å². The second kappa shape index (κ2) is 10.4. The molecule has 4 aromatic rings. The van der Waals surface area contributed by atoms with Gasteiger partial charge in [-0.2, -0.15) is 13.2 Å². The summed E-state index contributed by atoms with van der Waals surface area (Å²) in [4.78, 5) is 34.3. The van der Waals surface area contributed by atoms with Gasteiger partial charge in [0.05, 0.1) is 28.5 Å². The van der Waals surface area contributed by atoms with Crippen molar-refractivity contribution in [2.24, 2.45) is 5.73 Å². The average molecular weight is 632 g/mol. The molecule has 0 spiro atoms. The van der Waals surface area contributed by atoms with Crippen LogP contribution in [0.25, 0.3) is 16.9 Å². The van der Waals surface area contributed by atoms with Crippen LogP contribution in [0.3, 0.4) is 0 Å². The molecule has 0 bridgehead atoms. The molecule has 2 aliphatic rings. The minimum Gasteiger partial charge on any atom is -0.489 e. The maximum atomic E-state index is 14.7. The number of aromatic nitrogens is 3. The van der Waals surface area contributed by atoms with Crippen LogP contribution in [0.4, 0.5) is 17.6 Å². The molecule has 1 fully saturated rings. The number of hydrogen-bond donors (Lipinski definition) is 3. The molecule has 9 nitrogen and oxygen atoms in total. The van der Waals surface area contributed by atoms with Crippen LogP contribution in [-0.2, 0) is 15.8 Å². The number of aliphatic hydroxyl groups is 1. The van der Waals surface area contributed by atoms with Crippen LogP contribution in [-0.4, -0.2) is 50.6 Å². The van der Waals surface area contributed by atoms with Crippen molar-refractivity contribution in [3.05, 3.63) is 82.1 Å². The molecule has 2 amide bonds. The van der Waals surface area contributed by atoms with Crippen molar-refractivity contribution in [2.75, 3.05) is 13.2 Å². The number of nitrogens with zero attached hydrogens (tertiary/aromatic N) is 3. The largest absolute Gasteiger partial charge is 0.489 e. The summed E-state index contributed by atoms with van der Waals surface area (Å²) >= 11 is 6.33. The summed E-state index contributed by atoms with van der Waals surface area (Å²) in [5, 5.41) is 13.6. The van der Waals surface area contributed by atoms with E-state index in [0.29, 0.717) is 11.6 Å². The second-order valence-corrected chi connectivity index (χ2v) is 11.5. The maximum Gasteiger partial charge on any atom is 0.424 e. The van der Waals surface area contributed by atoms with Gasteiger partial charge in [0.1, 0.15) is 29.3 Å². The van der Waals surface area contributed by atoms with Gasteiger partial charge in [-0.25, -0.2) is 14.4 Å². The Morgan fingerprint density at radius 1 is 1.18 bits per heavy atom. The van der Waals surface area contributed by atoms with E-state index in [1.54, 1.807) is 13.1 Å². The standard InChI is InChI=1S/C30H26ClF4N5O4/c1-2-28(27(36)42)14-44-24-19(28)10-22(39-23(24)16-5-7-18(32)8-6-16)29(43,30(33,34)35)13-37-26(41)17-9-20(31)25-38-21(15-3-4-15)12-40(25)11-17/h5-12,15,43H,2-4,13-14H2,1H3,(H2,36,42)(H,37,41)/t28-,29-/m0/s1. The van der Waals surface area contributed by atoms with Gasteiger partial charge >= 0.3 is 6.18 Å². The Hall–Kier alpha value is -4.23. The Balaban J connectivity index is 1.41. The molecule has 6 rings (SSSR count). The summed E-state index contributed by atoms with van der Waals surface area (Å²) in [6.07, 6.45) is -0.211. The number of carbonyl (C=O) groups is 2. The van der Waals surface area contributed by atoms with E-state index in [1.165, 1.54) is 28.8 Å². The van der Waals surface area contributed by atoms with E-state index in [0.717, 1.165) is 36.7 Å². The molecule has 0 unspecified atom stereocenters. The quantitative estimate of drug-likeness (QED) is 0.240. The number of halogens is 5. The van der Waals surface area contributed by atoms with Crippen molar-refractivity contribution in [3.63, 3.8) is 0 Å². The molecule has 1 aliphatic heterocycles. The predicted molar refractivity (Wildman–Crippen MR) is 151 cm³/mol. The Morgan fingerprint density at radius 3 is 2.50 bits per heavy atom. The monoisotopic (exact) mass is 631 g/mol. The molecule has 1 saturated carbocycles. The number of pyridine rings is 2. The second-order valence-electron chi connectivity index (χ2n) is 11.1. The topological polar surface area (TPSA) is 132 Å². The number of nitrogens with one attached hydrogen (secondary N) is 1. The first-order chi connectivity index (χ1) is 20.8. The highest BCUT2D eigenvalue weighted by atomic mass is 35.5. The van der Waals surface area contributed by atoms with Crippen LogP contribution in [0, 0.1) is 5.82 Å². The molecule has 4 heterocycles. The predicted octanol–water partition coefficient (Wildman–Crippen LogP) is 4.77. The zero-order valence-corrected chi connectivity index (χ0v) is 24.0. The number of benzene rings is 1. The van der Waals surface area contributed by atoms with Crippen molar-refractivity contribution in [1.29, 1.82) is 0 Å². The van der Waals surface area contributed by atoms with E-state index in [2.05, 4.69) is 15.3 Å². The van der Waals surface area contributed by atoms with Crippen LogP contribution in [0.5, 0.6) is 5.75 Å². The minimum atomic E-state index is -5.35. The molecule has 44 heavy (non-hydrogen) atoms. The SMILES string of the molecule is CC[C@]1(C(N)=O)COc2c1cc([C@@](O)(CNC(=O)c1cc(Cl)c3nc(C4CC4)cn3c1)C(F)(F)F)nc2-c1ccc(F)cc1. The molecule has 230 valence electrons. The molecule has 4 N–H and O–H groups in total. The lowest BCUT2D eigenvalue weighted by molar-refractivity contribution is -0.265. The summed E-state index contributed by atoms with van der Waals surface area (Å²) in [5.41, 5.74) is 0.692. The Labute approximate surface area is 253 Å². The minimum absolute atomic E-state index is 0.00497. The zero-order valence-electron chi connectivity index (χ0n) is 23.2. The van der Waals surface area contributed by atoms with Crippen LogP contribution in [0.1, 0.15) is 59.4 Å². The van der Waals surface area contributed by atoms with Crippen LogP contribution in [0.15, 0.2) is 48.8 Å². The number of carbonyl (C=O) groups excluding carboxylic acids is 2. The van der Waals surface area contributed by atoms with Gasteiger partial charge < -0.3 is 25.3 Å². The molecule has 2 atom stereocenters. The number of nitrogens with two attached hydrogens (primary N) is 1. The lowest BCUT2D eigenvalue weighted by atomic mass is 9.78. The number of ether oxygens (including phenoxy) is 1. The van der Waals surface area contributed by atoms with Crippen molar-refractivity contribution in [1.82, 2.24) is 19.7 Å². The van der Waals surface area contributed by atoms with Crippen molar-refractivity contribution in [3.8, 4) is 17.0 Å². The number of amides is 2. The van der Waals surface area contributed by atoms with Gasteiger partial charge in [0.2, 0.25) is 11.5 Å². The van der Waals surface area contributed by atoms with Gasteiger partial charge in [-0.3, -0.25) is 9.59 Å². The zero-order chi connectivity index (χ0) is 31.6. The molecule has 1 aromatic carbocycles. The number of imidazole rings is 1. The smallest absolute Gasteiger partial charge is 0.424 e. The normalized spacial score (nSPS) is 19.3. The molecular formula is C30H26ClF4N5O4. The molecule has 1 aliphatic carbocycles. The highest BCUT2D eigenvalue weighted by Crippen LogP contribution is 2.49. The van der Waals surface area contributed by atoms with Crippen molar-refractivity contribution in [2.45, 2.75) is 49.3 Å². The summed E-state index contributed by atoms with van der Waals surface area (Å²) in [5.74, 6) is -2.10. The lowest BCUT2D eigenvalue weighted by Crippen LogP contribution is -2.52. The lowest BCUT2D eigenvalue weighted by Gasteiger charge is -2.32. The third-order valence-corrected chi connectivity index (χ3v) is 8.60. The van der Waals surface area contributed by atoms with Gasteiger partial charge in [-0.1, -0.05) is 18.5 Å². The Kier molecular flexibility index (Phi) is 7.08. The van der Waals surface area contributed by atoms with Crippen LogP contribution in [0.2, 0.25) is 5.02 Å². The maximum absolute atomic E-state index is 14.7. The van der Waals surface area contributed by atoms with Gasteiger partial charge in [0.25, 0.3) is 5.91 Å². The summed E-state index contributed by atoms with van der Waals surface area (Å²) in [6.45, 7) is 0.00889. The first-order valence-corrected chi connectivity index (χ1v) is 14.2. The fraction of sp³-hybridized carbons (Fsp3) is 0.333. The van der Waals surface area contributed by atoms with E-state index < -0.39 is 47.1 Å².